The number of amides is 2. The first-order chi connectivity index (χ1) is 7.95. The summed E-state index contributed by atoms with van der Waals surface area (Å²) in [6, 6.07) is 0. The largest absolute Gasteiger partial charge is 0.479 e. The monoisotopic (exact) mass is 244 g/mol. The standard InChI is InChI=1S/C10H16N2O5/c1-2-12(5-8(11)13)9(14)6-3-4-7(17-6)10(15)16/h6-7H,2-5H2,1H3,(H2,11,13)(H,15,16)/t6-,7+/m0/s1. The van der Waals surface area contributed by atoms with Gasteiger partial charge in [-0.3, -0.25) is 9.59 Å². The van der Waals surface area contributed by atoms with Gasteiger partial charge in [-0.05, 0) is 19.8 Å². The summed E-state index contributed by atoms with van der Waals surface area (Å²) in [7, 11) is 0. The molecule has 1 aliphatic rings. The molecule has 7 heteroatoms. The van der Waals surface area contributed by atoms with Crippen LogP contribution in [0.2, 0.25) is 0 Å². The summed E-state index contributed by atoms with van der Waals surface area (Å²) in [5, 5.41) is 8.73. The van der Waals surface area contributed by atoms with Crippen LogP contribution in [0.25, 0.3) is 0 Å². The molecule has 96 valence electrons. The molecule has 3 N–H and O–H groups in total. The third-order valence-electron chi connectivity index (χ3n) is 2.61. The Morgan fingerprint density at radius 1 is 1.35 bits per heavy atom. The van der Waals surface area contributed by atoms with Crippen LogP contribution in [0, 0.1) is 0 Å². The van der Waals surface area contributed by atoms with E-state index in [9.17, 15) is 14.4 Å². The third kappa shape index (κ3) is 3.42. The summed E-state index contributed by atoms with van der Waals surface area (Å²) in [4.78, 5) is 34.6. The molecule has 0 unspecified atom stereocenters. The zero-order chi connectivity index (χ0) is 13.0. The minimum absolute atomic E-state index is 0.174. The number of likely N-dealkylation sites (N-methyl/N-ethyl adjacent to an activating group) is 1. The average Bonchev–Trinajstić information content (AvgIpc) is 2.73. The summed E-state index contributed by atoms with van der Waals surface area (Å²) in [6.07, 6.45) is -1.06. The molecule has 2 amide bonds. The van der Waals surface area contributed by atoms with Crippen molar-refractivity contribution in [1.29, 1.82) is 0 Å². The van der Waals surface area contributed by atoms with Crippen LogP contribution in [0.3, 0.4) is 0 Å². The highest BCUT2D eigenvalue weighted by atomic mass is 16.5. The Hall–Kier alpha value is -1.63. The predicted octanol–water partition coefficient (Wildman–Crippen LogP) is -1.05. The van der Waals surface area contributed by atoms with E-state index in [1.54, 1.807) is 6.92 Å². The van der Waals surface area contributed by atoms with Crippen molar-refractivity contribution in [3.05, 3.63) is 0 Å². The normalized spacial score (nSPS) is 23.4. The second kappa shape index (κ2) is 5.62. The van der Waals surface area contributed by atoms with Gasteiger partial charge >= 0.3 is 5.97 Å². The van der Waals surface area contributed by atoms with Gasteiger partial charge in [-0.15, -0.1) is 0 Å². The number of carbonyl (C=O) groups is 3. The van der Waals surface area contributed by atoms with Crippen molar-refractivity contribution in [3.8, 4) is 0 Å². The molecule has 1 aliphatic heterocycles. The Morgan fingerprint density at radius 2 is 1.94 bits per heavy atom. The second-order valence-electron chi connectivity index (χ2n) is 3.85. The molecule has 0 aliphatic carbocycles. The van der Waals surface area contributed by atoms with E-state index in [1.165, 1.54) is 4.90 Å². The van der Waals surface area contributed by atoms with Crippen LogP contribution in [0.1, 0.15) is 19.8 Å². The molecule has 17 heavy (non-hydrogen) atoms. The molecule has 1 fully saturated rings. The van der Waals surface area contributed by atoms with Crippen molar-refractivity contribution in [2.75, 3.05) is 13.1 Å². The number of carboxylic acids is 1. The van der Waals surface area contributed by atoms with Gasteiger partial charge in [0.25, 0.3) is 5.91 Å². The lowest BCUT2D eigenvalue weighted by atomic mass is 10.2. The molecule has 0 spiro atoms. The van der Waals surface area contributed by atoms with Gasteiger partial charge in [0.2, 0.25) is 5.91 Å². The average molecular weight is 244 g/mol. The van der Waals surface area contributed by atoms with Gasteiger partial charge in [-0.1, -0.05) is 0 Å². The van der Waals surface area contributed by atoms with Crippen molar-refractivity contribution < 1.29 is 24.2 Å². The lowest BCUT2D eigenvalue weighted by Gasteiger charge is -2.22. The quantitative estimate of drug-likeness (QED) is 0.641. The molecule has 7 nitrogen and oxygen atoms in total. The van der Waals surface area contributed by atoms with Crippen molar-refractivity contribution >= 4 is 17.8 Å². The van der Waals surface area contributed by atoms with E-state index in [2.05, 4.69) is 0 Å². The van der Waals surface area contributed by atoms with Crippen molar-refractivity contribution in [2.45, 2.75) is 32.0 Å². The molecule has 0 saturated carbocycles. The fourth-order valence-electron chi connectivity index (χ4n) is 1.74. The van der Waals surface area contributed by atoms with E-state index in [0.717, 1.165) is 0 Å². The van der Waals surface area contributed by atoms with Crippen LogP contribution in [-0.4, -0.2) is 53.1 Å². The number of rotatable bonds is 5. The molecular formula is C10H16N2O5. The number of nitrogens with two attached hydrogens (primary N) is 1. The highest BCUT2D eigenvalue weighted by Crippen LogP contribution is 2.21. The summed E-state index contributed by atoms with van der Waals surface area (Å²) >= 11 is 0. The third-order valence-corrected chi connectivity index (χ3v) is 2.61. The number of nitrogens with zero attached hydrogens (tertiary/aromatic N) is 1. The van der Waals surface area contributed by atoms with Gasteiger partial charge in [-0.25, -0.2) is 4.79 Å². The highest BCUT2D eigenvalue weighted by Gasteiger charge is 2.36. The van der Waals surface area contributed by atoms with E-state index >= 15 is 0 Å². The summed E-state index contributed by atoms with van der Waals surface area (Å²) in [5.74, 6) is -2.05. The van der Waals surface area contributed by atoms with Gasteiger partial charge < -0.3 is 20.5 Å². The molecule has 2 atom stereocenters. The molecular weight excluding hydrogens is 228 g/mol. The van der Waals surface area contributed by atoms with Gasteiger partial charge in [0, 0.05) is 6.54 Å². The summed E-state index contributed by atoms with van der Waals surface area (Å²) in [5.41, 5.74) is 5.01. The van der Waals surface area contributed by atoms with Crippen LogP contribution < -0.4 is 5.73 Å². The number of carboxylic acid groups (broad SMARTS) is 1. The second-order valence-corrected chi connectivity index (χ2v) is 3.85. The first kappa shape index (κ1) is 13.4. The van der Waals surface area contributed by atoms with Gasteiger partial charge in [0.05, 0.1) is 6.54 Å². The van der Waals surface area contributed by atoms with E-state index < -0.39 is 24.1 Å². The molecule has 1 saturated heterocycles. The maximum Gasteiger partial charge on any atom is 0.332 e. The number of primary amides is 1. The van der Waals surface area contributed by atoms with E-state index in [0.29, 0.717) is 19.4 Å². The Morgan fingerprint density at radius 3 is 2.35 bits per heavy atom. The molecule has 0 aromatic heterocycles. The maximum absolute atomic E-state index is 11.9. The summed E-state index contributed by atoms with van der Waals surface area (Å²) in [6.45, 7) is 1.87. The van der Waals surface area contributed by atoms with E-state index in [-0.39, 0.29) is 12.5 Å². The van der Waals surface area contributed by atoms with Crippen molar-refractivity contribution in [3.63, 3.8) is 0 Å². The fourth-order valence-corrected chi connectivity index (χ4v) is 1.74. The van der Waals surface area contributed by atoms with E-state index in [4.69, 9.17) is 15.6 Å². The Bertz CT molecular complexity index is 331. The van der Waals surface area contributed by atoms with Gasteiger partial charge in [0.1, 0.15) is 6.10 Å². The number of aliphatic carboxylic acids is 1. The van der Waals surface area contributed by atoms with Crippen LogP contribution in [0.15, 0.2) is 0 Å². The zero-order valence-corrected chi connectivity index (χ0v) is 9.59. The minimum Gasteiger partial charge on any atom is -0.479 e. The van der Waals surface area contributed by atoms with Gasteiger partial charge in [-0.2, -0.15) is 0 Å². The molecule has 0 aromatic carbocycles. The fraction of sp³-hybridized carbons (Fsp3) is 0.700. The first-order valence-electron chi connectivity index (χ1n) is 5.41. The first-order valence-corrected chi connectivity index (χ1v) is 5.41. The van der Waals surface area contributed by atoms with Crippen molar-refractivity contribution in [1.82, 2.24) is 4.90 Å². The molecule has 1 heterocycles. The SMILES string of the molecule is CCN(CC(N)=O)C(=O)[C@@H]1CC[C@H](C(=O)O)O1. The number of carbonyl (C=O) groups excluding carboxylic acids is 2. The van der Waals surface area contributed by atoms with Gasteiger partial charge in [0.15, 0.2) is 6.10 Å². The topological polar surface area (TPSA) is 110 Å². The smallest absolute Gasteiger partial charge is 0.332 e. The minimum atomic E-state index is -1.07. The summed E-state index contributed by atoms with van der Waals surface area (Å²) < 4.78 is 5.11. The lowest BCUT2D eigenvalue weighted by molar-refractivity contribution is -0.155. The zero-order valence-electron chi connectivity index (χ0n) is 9.59. The lowest BCUT2D eigenvalue weighted by Crippen LogP contribution is -2.43. The number of ether oxygens (including phenoxy) is 1. The molecule has 0 aromatic rings. The highest BCUT2D eigenvalue weighted by molar-refractivity contribution is 5.87. The number of hydrogen-bond acceptors (Lipinski definition) is 4. The Balaban J connectivity index is 2.58. The van der Waals surface area contributed by atoms with Crippen LogP contribution in [0.5, 0.6) is 0 Å². The Labute approximate surface area is 98.5 Å². The predicted molar refractivity (Wildman–Crippen MR) is 57.0 cm³/mol. The maximum atomic E-state index is 11.9. The Kier molecular flexibility index (Phi) is 4.45. The van der Waals surface area contributed by atoms with E-state index in [1.807, 2.05) is 0 Å². The van der Waals surface area contributed by atoms with Crippen molar-refractivity contribution in [2.24, 2.45) is 5.73 Å². The van der Waals surface area contributed by atoms with Crippen LogP contribution in [-0.2, 0) is 19.1 Å². The van der Waals surface area contributed by atoms with Crippen LogP contribution >= 0.6 is 0 Å². The molecule has 1 rings (SSSR count). The number of hydrogen-bond donors (Lipinski definition) is 2. The molecule has 0 bridgehead atoms. The van der Waals surface area contributed by atoms with Crippen LogP contribution in [0.4, 0.5) is 0 Å². The molecule has 0 radical (unpaired) electrons.